The molecule has 0 aromatic heterocycles. The molecule has 0 bridgehead atoms. The molecule has 3 amide bonds. The van der Waals surface area contributed by atoms with Crippen molar-refractivity contribution in [2.45, 2.75) is 50.2 Å². The van der Waals surface area contributed by atoms with Crippen molar-refractivity contribution in [3.8, 4) is 0 Å². The van der Waals surface area contributed by atoms with Gasteiger partial charge in [0, 0.05) is 13.1 Å². The third-order valence-corrected chi connectivity index (χ3v) is 5.45. The molecule has 3 N–H and O–H groups in total. The van der Waals surface area contributed by atoms with E-state index in [9.17, 15) is 9.59 Å². The van der Waals surface area contributed by atoms with Crippen LogP contribution in [0.15, 0.2) is 24.3 Å². The maximum Gasteiger partial charge on any atom is 0.315 e. The summed E-state index contributed by atoms with van der Waals surface area (Å²) < 4.78 is 6.00. The predicted molar refractivity (Wildman–Crippen MR) is 100 cm³/mol. The first-order valence-electron chi connectivity index (χ1n) is 9.29. The molecule has 1 heterocycles. The van der Waals surface area contributed by atoms with E-state index >= 15 is 0 Å². The Kier molecular flexibility index (Phi) is 6.38. The molecule has 6 nitrogen and oxygen atoms in total. The lowest BCUT2D eigenvalue weighted by Crippen LogP contribution is -2.45. The molecular weight excluding hydrogens is 354 g/mol. The Bertz CT molecular complexity index is 647. The number of rotatable bonds is 5. The summed E-state index contributed by atoms with van der Waals surface area (Å²) in [7, 11) is 0. The number of benzene rings is 1. The fourth-order valence-corrected chi connectivity index (χ4v) is 4.03. The molecule has 2 aliphatic rings. The first kappa shape index (κ1) is 19.0. The molecule has 3 rings (SSSR count). The van der Waals surface area contributed by atoms with Crippen LogP contribution in [0.5, 0.6) is 0 Å². The lowest BCUT2D eigenvalue weighted by Gasteiger charge is -2.32. The summed E-state index contributed by atoms with van der Waals surface area (Å²) in [5.74, 6) is -0.249. The first-order chi connectivity index (χ1) is 12.6. The van der Waals surface area contributed by atoms with Gasteiger partial charge < -0.3 is 20.7 Å². The minimum absolute atomic E-state index is 0.0148. The Balaban J connectivity index is 1.33. The van der Waals surface area contributed by atoms with Gasteiger partial charge in [-0.25, -0.2) is 4.79 Å². The topological polar surface area (TPSA) is 79.5 Å². The van der Waals surface area contributed by atoms with Gasteiger partial charge in [0.1, 0.15) is 0 Å². The molecular formula is C19H26ClN3O3. The quantitative estimate of drug-likeness (QED) is 0.688. The highest BCUT2D eigenvalue weighted by Gasteiger charge is 2.41. The maximum absolute atomic E-state index is 12.0. The van der Waals surface area contributed by atoms with E-state index in [1.54, 1.807) is 24.3 Å². The second-order valence-corrected chi connectivity index (χ2v) is 7.50. The number of carbonyl (C=O) groups is 2. The van der Waals surface area contributed by atoms with Gasteiger partial charge in [-0.15, -0.1) is 0 Å². The van der Waals surface area contributed by atoms with Crippen LogP contribution in [0, 0.1) is 0 Å². The fourth-order valence-electron chi connectivity index (χ4n) is 3.81. The monoisotopic (exact) mass is 379 g/mol. The summed E-state index contributed by atoms with van der Waals surface area (Å²) >= 11 is 5.99. The molecule has 1 aromatic rings. The van der Waals surface area contributed by atoms with Crippen molar-refractivity contribution in [1.82, 2.24) is 16.0 Å². The zero-order chi connectivity index (χ0) is 18.4. The zero-order valence-corrected chi connectivity index (χ0v) is 15.6. The molecule has 0 unspecified atom stereocenters. The highest BCUT2D eigenvalue weighted by atomic mass is 35.5. The van der Waals surface area contributed by atoms with Crippen molar-refractivity contribution in [3.05, 3.63) is 34.9 Å². The van der Waals surface area contributed by atoms with Crippen LogP contribution in [0.2, 0.25) is 5.02 Å². The van der Waals surface area contributed by atoms with Gasteiger partial charge in [0.05, 0.1) is 28.8 Å². The Hall–Kier alpha value is -1.79. The van der Waals surface area contributed by atoms with E-state index in [0.29, 0.717) is 30.3 Å². The Morgan fingerprint density at radius 3 is 2.62 bits per heavy atom. The molecule has 1 atom stereocenters. The molecule has 26 heavy (non-hydrogen) atoms. The fraction of sp³-hybridized carbons (Fsp3) is 0.579. The Morgan fingerprint density at radius 2 is 1.85 bits per heavy atom. The van der Waals surface area contributed by atoms with Crippen LogP contribution < -0.4 is 16.0 Å². The van der Waals surface area contributed by atoms with Gasteiger partial charge in [0.2, 0.25) is 0 Å². The van der Waals surface area contributed by atoms with Crippen molar-refractivity contribution in [2.24, 2.45) is 0 Å². The third kappa shape index (κ3) is 4.89. The van der Waals surface area contributed by atoms with Gasteiger partial charge in [-0.1, -0.05) is 43.0 Å². The van der Waals surface area contributed by atoms with Gasteiger partial charge in [0.15, 0.2) is 0 Å². The van der Waals surface area contributed by atoms with E-state index in [4.69, 9.17) is 16.3 Å². The van der Waals surface area contributed by atoms with Crippen molar-refractivity contribution in [1.29, 1.82) is 0 Å². The van der Waals surface area contributed by atoms with Crippen LogP contribution in [-0.2, 0) is 4.74 Å². The van der Waals surface area contributed by atoms with Crippen LogP contribution in [0.4, 0.5) is 4.79 Å². The van der Waals surface area contributed by atoms with Crippen molar-refractivity contribution < 1.29 is 14.3 Å². The zero-order valence-electron chi connectivity index (χ0n) is 14.9. The van der Waals surface area contributed by atoms with Gasteiger partial charge in [0.25, 0.3) is 5.91 Å². The highest BCUT2D eigenvalue weighted by Crippen LogP contribution is 2.39. The summed E-state index contributed by atoms with van der Waals surface area (Å²) in [6, 6.07) is 6.71. The van der Waals surface area contributed by atoms with Crippen molar-refractivity contribution in [2.75, 3.05) is 19.7 Å². The van der Waals surface area contributed by atoms with Gasteiger partial charge in [-0.3, -0.25) is 4.79 Å². The largest absolute Gasteiger partial charge is 0.373 e. The van der Waals surface area contributed by atoms with E-state index in [2.05, 4.69) is 16.0 Å². The molecule has 1 spiro atoms. The Labute approximate surface area is 159 Å². The van der Waals surface area contributed by atoms with E-state index in [0.717, 1.165) is 19.3 Å². The normalized spacial score (nSPS) is 21.3. The second-order valence-electron chi connectivity index (χ2n) is 7.09. The maximum atomic E-state index is 12.0. The van der Waals surface area contributed by atoms with Gasteiger partial charge in [-0.2, -0.15) is 0 Å². The van der Waals surface area contributed by atoms with Crippen LogP contribution in [0.1, 0.15) is 48.9 Å². The summed E-state index contributed by atoms with van der Waals surface area (Å²) in [6.45, 7) is 1.26. The molecule has 2 fully saturated rings. The SMILES string of the molecule is O=C(NCCNC(=O)c1ccccc1Cl)N[C@@H]1COC2(CCCCC2)C1. The number of carbonyl (C=O) groups excluding carboxylic acids is 2. The van der Waals surface area contributed by atoms with Gasteiger partial charge >= 0.3 is 6.03 Å². The first-order valence-corrected chi connectivity index (χ1v) is 9.67. The van der Waals surface area contributed by atoms with E-state index in [-0.39, 0.29) is 23.6 Å². The average molecular weight is 380 g/mol. The van der Waals surface area contributed by atoms with Crippen LogP contribution >= 0.6 is 11.6 Å². The van der Waals surface area contributed by atoms with Gasteiger partial charge in [-0.05, 0) is 31.4 Å². The van der Waals surface area contributed by atoms with E-state index in [1.807, 2.05) is 0 Å². The number of ether oxygens (including phenoxy) is 1. The lowest BCUT2D eigenvalue weighted by molar-refractivity contribution is -0.0245. The van der Waals surface area contributed by atoms with E-state index in [1.165, 1.54) is 19.3 Å². The number of hydrogen-bond donors (Lipinski definition) is 3. The Morgan fingerprint density at radius 1 is 1.12 bits per heavy atom. The minimum atomic E-state index is -0.249. The molecule has 142 valence electrons. The number of hydrogen-bond acceptors (Lipinski definition) is 3. The third-order valence-electron chi connectivity index (χ3n) is 5.12. The standard InChI is InChI=1S/C19H26ClN3O3/c20-16-7-3-2-6-15(16)17(24)21-10-11-22-18(25)23-14-12-19(26-13-14)8-4-1-5-9-19/h2-3,6-7,14H,1,4-5,8-13H2,(H,21,24)(H2,22,23,25)/t14-/m0/s1. The predicted octanol–water partition coefficient (Wildman–Crippen LogP) is 2.86. The summed E-state index contributed by atoms with van der Waals surface area (Å²) in [5, 5.41) is 8.90. The van der Waals surface area contributed by atoms with Crippen molar-refractivity contribution in [3.63, 3.8) is 0 Å². The summed E-state index contributed by atoms with van der Waals surface area (Å²) in [6.07, 6.45) is 6.79. The molecule has 1 saturated carbocycles. The molecule has 1 aliphatic carbocycles. The van der Waals surface area contributed by atoms with Crippen LogP contribution in [0.25, 0.3) is 0 Å². The molecule has 1 aromatic carbocycles. The minimum Gasteiger partial charge on any atom is -0.373 e. The number of amides is 3. The second kappa shape index (κ2) is 8.73. The molecule has 1 aliphatic heterocycles. The molecule has 0 radical (unpaired) electrons. The van der Waals surface area contributed by atoms with E-state index < -0.39 is 0 Å². The smallest absolute Gasteiger partial charge is 0.315 e. The van der Waals surface area contributed by atoms with Crippen molar-refractivity contribution >= 4 is 23.5 Å². The summed E-state index contributed by atoms with van der Waals surface area (Å²) in [4.78, 5) is 24.0. The number of urea groups is 1. The van der Waals surface area contributed by atoms with Crippen LogP contribution in [0.3, 0.4) is 0 Å². The summed E-state index contributed by atoms with van der Waals surface area (Å²) in [5.41, 5.74) is 0.415. The lowest BCUT2D eigenvalue weighted by atomic mass is 9.82. The number of halogens is 1. The molecule has 1 saturated heterocycles. The average Bonchev–Trinajstić information content (AvgIpc) is 3.01. The van der Waals surface area contributed by atoms with Crippen LogP contribution in [-0.4, -0.2) is 43.3 Å². The molecule has 7 heteroatoms. The highest BCUT2D eigenvalue weighted by molar-refractivity contribution is 6.33. The number of nitrogens with one attached hydrogen (secondary N) is 3.